The normalized spacial score (nSPS) is 15.4. The largest absolute Gasteiger partial charge is 0.444 e. The molecule has 0 N–H and O–H groups in total. The van der Waals surface area contributed by atoms with E-state index in [1.807, 2.05) is 25.7 Å². The molecule has 0 unspecified atom stereocenters. The van der Waals surface area contributed by atoms with Gasteiger partial charge in [-0.1, -0.05) is 0 Å². The van der Waals surface area contributed by atoms with Gasteiger partial charge in [-0.05, 0) is 39.0 Å². The molecule has 22 heavy (non-hydrogen) atoms. The molecule has 1 amide bonds. The molecule has 0 bridgehead atoms. The molecule has 0 aliphatic carbocycles. The van der Waals surface area contributed by atoms with Crippen LogP contribution in [0.25, 0.3) is 4.85 Å². The third-order valence-corrected chi connectivity index (χ3v) is 3.35. The van der Waals surface area contributed by atoms with E-state index in [0.717, 1.165) is 5.69 Å². The Balaban J connectivity index is 1.98. The van der Waals surface area contributed by atoms with Gasteiger partial charge in [0.1, 0.15) is 11.4 Å². The molecule has 1 aromatic carbocycles. The van der Waals surface area contributed by atoms with Crippen LogP contribution in [-0.2, 0) is 4.74 Å². The molecular formula is C16H20FN3O2. The Bertz CT molecular complexity index is 596. The topological polar surface area (TPSA) is 37.1 Å². The summed E-state index contributed by atoms with van der Waals surface area (Å²) in [6.45, 7) is 14.8. The van der Waals surface area contributed by atoms with E-state index >= 15 is 0 Å². The van der Waals surface area contributed by atoms with E-state index in [2.05, 4.69) is 4.85 Å². The summed E-state index contributed by atoms with van der Waals surface area (Å²) in [5, 5.41) is 0. The lowest BCUT2D eigenvalue weighted by Crippen LogP contribution is -2.50. The first kappa shape index (κ1) is 16.1. The minimum atomic E-state index is -0.508. The SMILES string of the molecule is [C-]#[N+]c1cc(N2CCN(C(=O)OC(C)(C)C)CC2)ccc1F. The predicted molar refractivity (Wildman–Crippen MR) is 82.7 cm³/mol. The Kier molecular flexibility index (Phi) is 4.55. The van der Waals surface area contributed by atoms with Gasteiger partial charge in [0.25, 0.3) is 0 Å². The van der Waals surface area contributed by atoms with Crippen LogP contribution in [0.5, 0.6) is 0 Å². The van der Waals surface area contributed by atoms with Gasteiger partial charge < -0.3 is 14.5 Å². The van der Waals surface area contributed by atoms with E-state index in [1.165, 1.54) is 6.07 Å². The van der Waals surface area contributed by atoms with Crippen molar-refractivity contribution in [3.63, 3.8) is 0 Å². The minimum Gasteiger partial charge on any atom is -0.444 e. The molecule has 6 heteroatoms. The zero-order valence-electron chi connectivity index (χ0n) is 13.1. The maximum atomic E-state index is 13.4. The highest BCUT2D eigenvalue weighted by atomic mass is 19.1. The molecule has 0 aromatic heterocycles. The van der Waals surface area contributed by atoms with Crippen molar-refractivity contribution in [1.29, 1.82) is 0 Å². The number of piperazine rings is 1. The first-order valence-corrected chi connectivity index (χ1v) is 7.20. The van der Waals surface area contributed by atoms with Crippen LogP contribution in [0.2, 0.25) is 0 Å². The van der Waals surface area contributed by atoms with Gasteiger partial charge in [0.05, 0.1) is 6.57 Å². The summed E-state index contributed by atoms with van der Waals surface area (Å²) in [7, 11) is 0. The predicted octanol–water partition coefficient (Wildman–Crippen LogP) is 3.43. The quantitative estimate of drug-likeness (QED) is 0.746. The number of nitrogens with zero attached hydrogens (tertiary/aromatic N) is 3. The summed E-state index contributed by atoms with van der Waals surface area (Å²) in [6, 6.07) is 4.52. The maximum Gasteiger partial charge on any atom is 0.410 e. The molecule has 2 rings (SSSR count). The summed E-state index contributed by atoms with van der Waals surface area (Å²) in [5.41, 5.74) is 0.318. The summed E-state index contributed by atoms with van der Waals surface area (Å²) in [5.74, 6) is -0.508. The van der Waals surface area contributed by atoms with Crippen molar-refractivity contribution in [1.82, 2.24) is 4.90 Å². The van der Waals surface area contributed by atoms with Gasteiger partial charge in [0.2, 0.25) is 5.69 Å². The lowest BCUT2D eigenvalue weighted by Gasteiger charge is -2.36. The Hall–Kier alpha value is -2.29. The second-order valence-electron chi connectivity index (χ2n) is 6.20. The Morgan fingerprint density at radius 3 is 2.45 bits per heavy atom. The van der Waals surface area contributed by atoms with Crippen LogP contribution in [0, 0.1) is 12.4 Å². The van der Waals surface area contributed by atoms with E-state index in [0.29, 0.717) is 26.2 Å². The average Bonchev–Trinajstić information content (AvgIpc) is 2.46. The van der Waals surface area contributed by atoms with Crippen LogP contribution in [0.15, 0.2) is 18.2 Å². The van der Waals surface area contributed by atoms with Crippen LogP contribution in [-0.4, -0.2) is 42.8 Å². The molecule has 1 aliphatic rings. The van der Waals surface area contributed by atoms with E-state index in [1.54, 1.807) is 17.0 Å². The third-order valence-electron chi connectivity index (χ3n) is 3.35. The van der Waals surface area contributed by atoms with Gasteiger partial charge in [0.15, 0.2) is 0 Å². The average molecular weight is 305 g/mol. The number of hydrogen-bond acceptors (Lipinski definition) is 3. The van der Waals surface area contributed by atoms with E-state index in [4.69, 9.17) is 11.3 Å². The molecule has 0 radical (unpaired) electrons. The molecule has 0 saturated carbocycles. The number of rotatable bonds is 1. The maximum absolute atomic E-state index is 13.4. The molecular weight excluding hydrogens is 285 g/mol. The highest BCUT2D eigenvalue weighted by Gasteiger charge is 2.26. The molecule has 0 spiro atoms. The van der Waals surface area contributed by atoms with Crippen molar-refractivity contribution < 1.29 is 13.9 Å². The number of ether oxygens (including phenoxy) is 1. The molecule has 0 atom stereocenters. The number of anilines is 1. The summed E-state index contributed by atoms with van der Waals surface area (Å²) >= 11 is 0. The van der Waals surface area contributed by atoms with Gasteiger partial charge in [-0.3, -0.25) is 0 Å². The lowest BCUT2D eigenvalue weighted by atomic mass is 10.2. The zero-order chi connectivity index (χ0) is 16.3. The Labute approximate surface area is 130 Å². The number of carbonyl (C=O) groups is 1. The summed E-state index contributed by atoms with van der Waals surface area (Å²) in [4.78, 5) is 18.9. The number of benzene rings is 1. The Morgan fingerprint density at radius 1 is 1.27 bits per heavy atom. The molecule has 1 saturated heterocycles. The van der Waals surface area contributed by atoms with E-state index in [-0.39, 0.29) is 11.8 Å². The fourth-order valence-electron chi connectivity index (χ4n) is 2.26. The van der Waals surface area contributed by atoms with Crippen LogP contribution < -0.4 is 4.90 Å². The minimum absolute atomic E-state index is 0.0204. The molecule has 1 aliphatic heterocycles. The van der Waals surface area contributed by atoms with E-state index < -0.39 is 11.4 Å². The smallest absolute Gasteiger partial charge is 0.410 e. The van der Waals surface area contributed by atoms with Crippen LogP contribution in [0.3, 0.4) is 0 Å². The van der Waals surface area contributed by atoms with Crippen LogP contribution in [0.1, 0.15) is 20.8 Å². The fraction of sp³-hybridized carbons (Fsp3) is 0.500. The van der Waals surface area contributed by atoms with E-state index in [9.17, 15) is 9.18 Å². The number of hydrogen-bond donors (Lipinski definition) is 0. The second-order valence-corrected chi connectivity index (χ2v) is 6.20. The highest BCUT2D eigenvalue weighted by Crippen LogP contribution is 2.26. The van der Waals surface area contributed by atoms with Gasteiger partial charge in [-0.15, -0.1) is 0 Å². The highest BCUT2D eigenvalue weighted by molar-refractivity contribution is 5.69. The number of halogens is 1. The molecule has 1 aromatic rings. The molecule has 118 valence electrons. The second kappa shape index (κ2) is 6.22. The van der Waals surface area contributed by atoms with Crippen molar-refractivity contribution in [3.8, 4) is 0 Å². The Morgan fingerprint density at radius 2 is 1.91 bits per heavy atom. The van der Waals surface area contributed by atoms with Crippen LogP contribution in [0.4, 0.5) is 20.6 Å². The van der Waals surface area contributed by atoms with Gasteiger partial charge in [0, 0.05) is 31.9 Å². The van der Waals surface area contributed by atoms with Crippen molar-refractivity contribution in [2.45, 2.75) is 26.4 Å². The standard InChI is InChI=1S/C16H20FN3O2/c1-16(2,3)22-15(21)20-9-7-19(8-10-20)12-5-6-13(17)14(11-12)18-4/h5-6,11H,7-10H2,1-3H3. The van der Waals surface area contributed by atoms with Crippen molar-refractivity contribution in [3.05, 3.63) is 35.4 Å². The number of carbonyl (C=O) groups excluding carboxylic acids is 1. The fourth-order valence-corrected chi connectivity index (χ4v) is 2.26. The number of amides is 1. The first-order valence-electron chi connectivity index (χ1n) is 7.20. The molecule has 1 fully saturated rings. The van der Waals surface area contributed by atoms with Crippen molar-refractivity contribution >= 4 is 17.5 Å². The molecule has 5 nitrogen and oxygen atoms in total. The van der Waals surface area contributed by atoms with Crippen molar-refractivity contribution in [2.75, 3.05) is 31.1 Å². The van der Waals surface area contributed by atoms with Crippen LogP contribution >= 0.6 is 0 Å². The monoisotopic (exact) mass is 305 g/mol. The van der Waals surface area contributed by atoms with Gasteiger partial charge >= 0.3 is 6.09 Å². The first-order chi connectivity index (χ1) is 10.3. The van der Waals surface area contributed by atoms with Gasteiger partial charge in [-0.2, -0.15) is 0 Å². The zero-order valence-corrected chi connectivity index (χ0v) is 13.1. The lowest BCUT2D eigenvalue weighted by molar-refractivity contribution is 0.0240. The van der Waals surface area contributed by atoms with Crippen molar-refractivity contribution in [2.24, 2.45) is 0 Å². The van der Waals surface area contributed by atoms with Gasteiger partial charge in [-0.25, -0.2) is 14.0 Å². The summed E-state index contributed by atoms with van der Waals surface area (Å²) < 4.78 is 18.7. The summed E-state index contributed by atoms with van der Waals surface area (Å²) in [6.07, 6.45) is -0.312. The third kappa shape index (κ3) is 3.88. The molecule has 1 heterocycles.